The molecule has 1 aromatic heterocycles. The molecule has 1 fully saturated rings. The predicted molar refractivity (Wildman–Crippen MR) is 192 cm³/mol. The van der Waals surface area contributed by atoms with E-state index in [2.05, 4.69) is 4.90 Å². The first-order valence-corrected chi connectivity index (χ1v) is 20.1. The van der Waals surface area contributed by atoms with Crippen molar-refractivity contribution in [2.75, 3.05) is 48.5 Å². The molecule has 1 amide bonds. The van der Waals surface area contributed by atoms with Gasteiger partial charge in [0, 0.05) is 42.0 Å². The van der Waals surface area contributed by atoms with Crippen LogP contribution >= 0.6 is 23.2 Å². The van der Waals surface area contributed by atoms with Gasteiger partial charge >= 0.3 is 0 Å². The van der Waals surface area contributed by atoms with Crippen LogP contribution in [0.5, 0.6) is 0 Å². The highest BCUT2D eigenvalue weighted by Crippen LogP contribution is 2.49. The number of fused-ring (bicyclic) bond motifs is 1. The first-order valence-electron chi connectivity index (χ1n) is 16.1. The molecule has 0 radical (unpaired) electrons. The molecule has 3 heterocycles. The molecule has 2 aliphatic heterocycles. The molecule has 0 spiro atoms. The topological polar surface area (TPSA) is 117 Å². The van der Waals surface area contributed by atoms with E-state index >= 15 is 4.39 Å². The first kappa shape index (κ1) is 36.1. The molecule has 2 atom stereocenters. The molecule has 6 rings (SSSR count). The zero-order valence-corrected chi connectivity index (χ0v) is 30.2. The number of carbonyl (C=O) groups excluding carboxylic acids is 1. The summed E-state index contributed by atoms with van der Waals surface area (Å²) in [5, 5.41) is 0.834. The summed E-state index contributed by atoms with van der Waals surface area (Å²) in [4.78, 5) is 31.6. The third kappa shape index (κ3) is 7.06. The second-order valence-corrected chi connectivity index (χ2v) is 17.4. The van der Waals surface area contributed by atoms with Crippen molar-refractivity contribution in [2.24, 2.45) is 0 Å². The largest absolute Gasteiger partial charge is 0.336 e. The van der Waals surface area contributed by atoms with Crippen molar-refractivity contribution in [2.45, 2.75) is 30.3 Å². The van der Waals surface area contributed by atoms with Gasteiger partial charge in [-0.25, -0.2) is 25.5 Å². The minimum atomic E-state index is -4.63. The van der Waals surface area contributed by atoms with Gasteiger partial charge in [0.2, 0.25) is 0 Å². The highest BCUT2D eigenvalue weighted by Gasteiger charge is 2.48. The lowest BCUT2D eigenvalue weighted by atomic mass is 9.94. The van der Waals surface area contributed by atoms with Gasteiger partial charge in [-0.1, -0.05) is 66.5 Å². The molecule has 15 heteroatoms. The van der Waals surface area contributed by atoms with E-state index in [1.165, 1.54) is 34.9 Å². The fraction of sp³-hybridized carbons (Fsp3) is 0.314. The Hall–Kier alpha value is -3.75. The second-order valence-electron chi connectivity index (χ2n) is 12.2. The molecule has 2 unspecified atom stereocenters. The molecule has 10 nitrogen and oxygen atoms in total. The van der Waals surface area contributed by atoms with Crippen molar-refractivity contribution in [1.29, 1.82) is 0 Å². The van der Waals surface area contributed by atoms with Crippen LogP contribution in [0.3, 0.4) is 0 Å². The lowest BCUT2D eigenvalue weighted by Crippen LogP contribution is -2.50. The van der Waals surface area contributed by atoms with Crippen molar-refractivity contribution >= 4 is 54.8 Å². The van der Waals surface area contributed by atoms with E-state index in [0.717, 1.165) is 10.4 Å². The van der Waals surface area contributed by atoms with E-state index in [1.807, 2.05) is 0 Å². The predicted octanol–water partition coefficient (Wildman–Crippen LogP) is 5.42. The number of pyridine rings is 1. The maximum atomic E-state index is 15.2. The Balaban J connectivity index is 1.42. The smallest absolute Gasteiger partial charge is 0.269 e. The summed E-state index contributed by atoms with van der Waals surface area (Å²) in [6.07, 6.45) is 0.490. The first-order chi connectivity index (χ1) is 23.8. The summed E-state index contributed by atoms with van der Waals surface area (Å²) in [7, 11) is -7.71. The van der Waals surface area contributed by atoms with E-state index in [4.69, 9.17) is 23.2 Å². The Kier molecular flexibility index (Phi) is 10.4. The SMILES string of the molecule is CCS(=O)(=O)CCCN1CCN(C(=O)c2ccc3n(c2=O)C(c2ccc(Cl)cc2)C(c2ccc(Cl)cc2)N3S(=O)(=O)c2ccccc2F)CC1. The number of amides is 1. The van der Waals surface area contributed by atoms with Crippen molar-refractivity contribution in [3.8, 4) is 0 Å². The van der Waals surface area contributed by atoms with E-state index in [0.29, 0.717) is 60.3 Å². The van der Waals surface area contributed by atoms with Crippen LogP contribution in [0.4, 0.5) is 10.2 Å². The highest BCUT2D eigenvalue weighted by molar-refractivity contribution is 7.93. The van der Waals surface area contributed by atoms with Gasteiger partial charge in [-0.2, -0.15) is 0 Å². The van der Waals surface area contributed by atoms with Crippen LogP contribution in [0.1, 0.15) is 46.9 Å². The van der Waals surface area contributed by atoms with Crippen LogP contribution in [0.25, 0.3) is 0 Å². The Morgan fingerprint density at radius 1 is 0.800 bits per heavy atom. The number of anilines is 1. The maximum absolute atomic E-state index is 15.2. The lowest BCUT2D eigenvalue weighted by molar-refractivity contribution is 0.0635. The third-order valence-electron chi connectivity index (χ3n) is 9.21. The monoisotopic (exact) mass is 760 g/mol. The van der Waals surface area contributed by atoms with E-state index in [-0.39, 0.29) is 22.9 Å². The van der Waals surface area contributed by atoms with Crippen molar-refractivity contribution in [1.82, 2.24) is 14.4 Å². The quantitative estimate of drug-likeness (QED) is 0.212. The van der Waals surface area contributed by atoms with Gasteiger partial charge in [0.1, 0.15) is 31.9 Å². The van der Waals surface area contributed by atoms with Crippen LogP contribution in [0.15, 0.2) is 94.6 Å². The van der Waals surface area contributed by atoms with Crippen LogP contribution < -0.4 is 9.86 Å². The zero-order chi connectivity index (χ0) is 35.8. The van der Waals surface area contributed by atoms with Gasteiger partial charge < -0.3 is 4.90 Å². The van der Waals surface area contributed by atoms with Gasteiger partial charge in [0.05, 0.1) is 17.8 Å². The van der Waals surface area contributed by atoms with Crippen LogP contribution in [-0.4, -0.2) is 81.3 Å². The Labute approximate surface area is 300 Å². The number of benzene rings is 3. The number of hydrogen-bond acceptors (Lipinski definition) is 7. The second kappa shape index (κ2) is 14.5. The summed E-state index contributed by atoms with van der Waals surface area (Å²) >= 11 is 12.4. The van der Waals surface area contributed by atoms with Crippen molar-refractivity contribution < 1.29 is 26.0 Å². The Morgan fingerprint density at radius 3 is 1.96 bits per heavy atom. The summed E-state index contributed by atoms with van der Waals surface area (Å²) in [6, 6.07) is 18.8. The molecule has 4 aromatic rings. The fourth-order valence-electron chi connectivity index (χ4n) is 6.57. The molecule has 2 aliphatic rings. The number of sulfone groups is 1. The molecule has 1 saturated heterocycles. The average molecular weight is 762 g/mol. The molecule has 3 aromatic carbocycles. The molecule has 50 heavy (non-hydrogen) atoms. The number of nitrogens with zero attached hydrogens (tertiary/aromatic N) is 4. The van der Waals surface area contributed by atoms with Crippen LogP contribution in [-0.2, 0) is 19.9 Å². The van der Waals surface area contributed by atoms with Crippen LogP contribution in [0.2, 0.25) is 10.0 Å². The number of sulfonamides is 1. The van der Waals surface area contributed by atoms with Crippen molar-refractivity contribution in [3.63, 3.8) is 0 Å². The van der Waals surface area contributed by atoms with E-state index in [9.17, 15) is 26.4 Å². The summed E-state index contributed by atoms with van der Waals surface area (Å²) in [6.45, 7) is 3.85. The number of hydrogen-bond donors (Lipinski definition) is 0. The minimum Gasteiger partial charge on any atom is -0.336 e. The summed E-state index contributed by atoms with van der Waals surface area (Å²) < 4.78 is 70.2. The molecule has 264 valence electrons. The molecular weight excluding hydrogens is 726 g/mol. The number of piperazine rings is 1. The fourth-order valence-corrected chi connectivity index (χ4v) is 9.38. The standard InChI is InChI=1S/C35H35Cl2FN4O6S2/c1-2-49(45,46)23-5-18-39-19-21-40(22-20-39)34(43)28-16-17-31-41(35(28)44)32(24-8-12-26(36)13-9-24)33(25-10-14-27(37)15-11-25)42(31)50(47,48)30-7-4-3-6-29(30)38/h3-4,6-17,32-33H,2,5,18-23H2,1H3. The maximum Gasteiger partial charge on any atom is 0.269 e. The molecule has 0 N–H and O–H groups in total. The normalized spacial score (nSPS) is 18.3. The summed E-state index contributed by atoms with van der Waals surface area (Å²) in [5.41, 5.74) is 0.167. The third-order valence-corrected chi connectivity index (χ3v) is 13.3. The number of halogens is 3. The van der Waals surface area contributed by atoms with E-state index < -0.39 is 54.1 Å². The number of rotatable bonds is 10. The van der Waals surface area contributed by atoms with Gasteiger partial charge in [-0.15, -0.1) is 0 Å². The molecule has 0 saturated carbocycles. The average Bonchev–Trinajstić information content (AvgIpc) is 3.46. The molecule has 0 bridgehead atoms. The van der Waals surface area contributed by atoms with Gasteiger partial charge in [0.25, 0.3) is 21.5 Å². The number of carbonyl (C=O) groups is 1. The van der Waals surface area contributed by atoms with Crippen LogP contribution in [0, 0.1) is 5.82 Å². The Morgan fingerprint density at radius 2 is 1.38 bits per heavy atom. The van der Waals surface area contributed by atoms with Gasteiger partial charge in [-0.05, 0) is 72.6 Å². The highest BCUT2D eigenvalue weighted by atomic mass is 35.5. The lowest BCUT2D eigenvalue weighted by Gasteiger charge is -2.34. The Bertz CT molecular complexity index is 2170. The van der Waals surface area contributed by atoms with Gasteiger partial charge in [0.15, 0.2) is 0 Å². The van der Waals surface area contributed by atoms with Gasteiger partial charge in [-0.3, -0.25) is 19.1 Å². The summed E-state index contributed by atoms with van der Waals surface area (Å²) in [5.74, 6) is -1.31. The molecule has 0 aliphatic carbocycles. The minimum absolute atomic E-state index is 0.0402. The number of aromatic nitrogens is 1. The van der Waals surface area contributed by atoms with Crippen molar-refractivity contribution in [3.05, 3.63) is 128 Å². The van der Waals surface area contributed by atoms with E-state index in [1.54, 1.807) is 60.4 Å². The molecular formula is C35H35Cl2FN4O6S2. The zero-order valence-electron chi connectivity index (χ0n) is 27.1.